The molecule has 2 aliphatic rings. The molecule has 4 nitrogen and oxygen atoms in total. The summed E-state index contributed by atoms with van der Waals surface area (Å²) < 4.78 is 43.7. The van der Waals surface area contributed by atoms with Gasteiger partial charge in [0.1, 0.15) is 0 Å². The zero-order chi connectivity index (χ0) is 16.4. The van der Waals surface area contributed by atoms with E-state index in [1.54, 1.807) is 0 Å². The highest BCUT2D eigenvalue weighted by Gasteiger charge is 2.33. The molecule has 2 unspecified atom stereocenters. The van der Waals surface area contributed by atoms with Gasteiger partial charge in [0.05, 0.1) is 18.3 Å². The number of nitrogens with one attached hydrogen (secondary N) is 1. The minimum Gasteiger partial charge on any atom is -0.373 e. The fourth-order valence-electron chi connectivity index (χ4n) is 3.15. The van der Waals surface area contributed by atoms with E-state index in [4.69, 9.17) is 4.74 Å². The quantitative estimate of drug-likeness (QED) is 0.926. The van der Waals surface area contributed by atoms with E-state index >= 15 is 0 Å². The number of benzene rings is 1. The molecule has 0 bridgehead atoms. The summed E-state index contributed by atoms with van der Waals surface area (Å²) in [5.74, 6) is -0.511. The molecule has 0 aromatic heterocycles. The maximum absolute atomic E-state index is 12.7. The largest absolute Gasteiger partial charge is 0.416 e. The Morgan fingerprint density at radius 3 is 3.00 bits per heavy atom. The van der Waals surface area contributed by atoms with Crippen LogP contribution in [0.3, 0.4) is 0 Å². The lowest BCUT2D eigenvalue weighted by Gasteiger charge is -2.35. The van der Waals surface area contributed by atoms with Gasteiger partial charge in [0.15, 0.2) is 0 Å². The third kappa shape index (κ3) is 3.84. The minimum atomic E-state index is -4.45. The highest BCUT2D eigenvalue weighted by atomic mass is 19.4. The molecule has 1 N–H and O–H groups in total. The van der Waals surface area contributed by atoms with Gasteiger partial charge in [0.25, 0.3) is 5.91 Å². The lowest BCUT2D eigenvalue weighted by atomic mass is 10.1. The summed E-state index contributed by atoms with van der Waals surface area (Å²) in [7, 11) is 0. The van der Waals surface area contributed by atoms with E-state index in [0.29, 0.717) is 19.2 Å². The summed E-state index contributed by atoms with van der Waals surface area (Å²) in [4.78, 5) is 14.4. The van der Waals surface area contributed by atoms with Crippen LogP contribution in [0.2, 0.25) is 0 Å². The van der Waals surface area contributed by atoms with Crippen LogP contribution in [-0.4, -0.2) is 49.2 Å². The summed E-state index contributed by atoms with van der Waals surface area (Å²) in [6, 6.07) is 4.92. The Labute approximate surface area is 132 Å². The van der Waals surface area contributed by atoms with Crippen LogP contribution in [0, 0.1) is 0 Å². The average Bonchev–Trinajstić information content (AvgIpc) is 2.99. The molecule has 23 heavy (non-hydrogen) atoms. The van der Waals surface area contributed by atoms with E-state index in [0.717, 1.165) is 38.1 Å². The van der Waals surface area contributed by atoms with Gasteiger partial charge in [0, 0.05) is 24.7 Å². The van der Waals surface area contributed by atoms with E-state index < -0.39 is 17.6 Å². The van der Waals surface area contributed by atoms with E-state index in [9.17, 15) is 18.0 Å². The Morgan fingerprint density at radius 1 is 1.39 bits per heavy atom. The van der Waals surface area contributed by atoms with Gasteiger partial charge in [-0.25, -0.2) is 0 Å². The van der Waals surface area contributed by atoms with Crippen LogP contribution < -0.4 is 5.32 Å². The van der Waals surface area contributed by atoms with E-state index in [1.807, 2.05) is 0 Å². The van der Waals surface area contributed by atoms with Crippen LogP contribution >= 0.6 is 0 Å². The van der Waals surface area contributed by atoms with Gasteiger partial charge in [-0.05, 0) is 37.6 Å². The lowest BCUT2D eigenvalue weighted by molar-refractivity contribution is -0.137. The number of carbonyl (C=O) groups excluding carboxylic acids is 1. The number of alkyl halides is 3. The Balaban J connectivity index is 1.55. The van der Waals surface area contributed by atoms with Gasteiger partial charge >= 0.3 is 6.18 Å². The van der Waals surface area contributed by atoms with Crippen LogP contribution in [0.1, 0.15) is 28.8 Å². The lowest BCUT2D eigenvalue weighted by Crippen LogP contribution is -2.50. The number of amides is 1. The number of hydrogen-bond acceptors (Lipinski definition) is 3. The smallest absolute Gasteiger partial charge is 0.373 e. The molecule has 0 spiro atoms. The summed E-state index contributed by atoms with van der Waals surface area (Å²) >= 11 is 0. The molecule has 1 aromatic carbocycles. The summed E-state index contributed by atoms with van der Waals surface area (Å²) in [6.45, 7) is 2.77. The third-order valence-corrected chi connectivity index (χ3v) is 4.40. The summed E-state index contributed by atoms with van der Waals surface area (Å²) in [6.07, 6.45) is -2.26. The zero-order valence-electron chi connectivity index (χ0n) is 12.6. The Bertz CT molecular complexity index is 577. The van der Waals surface area contributed by atoms with E-state index in [-0.39, 0.29) is 11.7 Å². The summed E-state index contributed by atoms with van der Waals surface area (Å²) in [5.41, 5.74) is -0.811. The van der Waals surface area contributed by atoms with Gasteiger partial charge in [-0.2, -0.15) is 13.2 Å². The molecule has 2 atom stereocenters. The molecule has 2 saturated heterocycles. The molecular formula is C16H19F3N2O2. The van der Waals surface area contributed by atoms with Crippen molar-refractivity contribution < 1.29 is 22.7 Å². The predicted octanol–water partition coefficient (Wildman–Crippen LogP) is 2.30. The van der Waals surface area contributed by atoms with Crippen molar-refractivity contribution in [3.05, 3.63) is 35.4 Å². The first-order chi connectivity index (χ1) is 10.9. The van der Waals surface area contributed by atoms with E-state index in [2.05, 4.69) is 10.2 Å². The standard InChI is InChI=1S/C16H19F3N2O2/c17-16(18,19)12-4-1-3-11(7-12)15(22)20-8-14-9-21-6-2-5-13(21)10-23-14/h1,3-4,7,13-14H,2,5-6,8-10H2,(H,20,22). The van der Waals surface area contributed by atoms with Crippen molar-refractivity contribution in [3.63, 3.8) is 0 Å². The molecule has 3 rings (SSSR count). The van der Waals surface area contributed by atoms with Crippen LogP contribution in [0.5, 0.6) is 0 Å². The SMILES string of the molecule is O=C(NCC1CN2CCCC2CO1)c1cccc(C(F)(F)F)c1. The number of nitrogens with zero attached hydrogens (tertiary/aromatic N) is 1. The van der Waals surface area contributed by atoms with Gasteiger partial charge in [-0.3, -0.25) is 9.69 Å². The maximum Gasteiger partial charge on any atom is 0.416 e. The number of ether oxygens (including phenoxy) is 1. The maximum atomic E-state index is 12.7. The minimum absolute atomic E-state index is 0.00897. The highest BCUT2D eigenvalue weighted by molar-refractivity contribution is 5.94. The second-order valence-corrected chi connectivity index (χ2v) is 6.03. The number of fused-ring (bicyclic) bond motifs is 1. The Morgan fingerprint density at radius 2 is 2.22 bits per heavy atom. The number of hydrogen-bond donors (Lipinski definition) is 1. The van der Waals surface area contributed by atoms with Gasteiger partial charge in [-0.15, -0.1) is 0 Å². The first-order valence-electron chi connectivity index (χ1n) is 7.74. The number of morpholine rings is 1. The second kappa shape index (κ2) is 6.49. The topological polar surface area (TPSA) is 41.6 Å². The van der Waals surface area contributed by atoms with E-state index in [1.165, 1.54) is 12.1 Å². The molecule has 0 saturated carbocycles. The molecule has 0 radical (unpaired) electrons. The van der Waals surface area contributed by atoms with Crippen LogP contribution in [0.4, 0.5) is 13.2 Å². The number of carbonyl (C=O) groups is 1. The van der Waals surface area contributed by atoms with Crippen molar-refractivity contribution in [2.24, 2.45) is 0 Å². The van der Waals surface area contributed by atoms with Crippen molar-refractivity contribution in [1.82, 2.24) is 10.2 Å². The molecule has 1 amide bonds. The number of halogens is 3. The third-order valence-electron chi connectivity index (χ3n) is 4.40. The van der Waals surface area contributed by atoms with Crippen molar-refractivity contribution in [2.45, 2.75) is 31.2 Å². The Kier molecular flexibility index (Phi) is 4.59. The molecule has 2 fully saturated rings. The molecule has 2 aliphatic heterocycles. The highest BCUT2D eigenvalue weighted by Crippen LogP contribution is 2.29. The van der Waals surface area contributed by atoms with Crippen molar-refractivity contribution in [3.8, 4) is 0 Å². The summed E-state index contributed by atoms with van der Waals surface area (Å²) in [5, 5.41) is 2.67. The average molecular weight is 328 g/mol. The first-order valence-corrected chi connectivity index (χ1v) is 7.74. The van der Waals surface area contributed by atoms with Crippen LogP contribution in [0.15, 0.2) is 24.3 Å². The molecule has 2 heterocycles. The van der Waals surface area contributed by atoms with Gasteiger partial charge in [0.2, 0.25) is 0 Å². The molecule has 7 heteroatoms. The van der Waals surface area contributed by atoms with Gasteiger partial charge in [-0.1, -0.05) is 6.07 Å². The first kappa shape index (κ1) is 16.3. The number of rotatable bonds is 3. The second-order valence-electron chi connectivity index (χ2n) is 6.03. The normalized spacial score (nSPS) is 25.2. The van der Waals surface area contributed by atoms with Gasteiger partial charge < -0.3 is 10.1 Å². The van der Waals surface area contributed by atoms with Crippen molar-refractivity contribution in [2.75, 3.05) is 26.2 Å². The Hall–Kier alpha value is -1.60. The predicted molar refractivity (Wildman–Crippen MR) is 78.1 cm³/mol. The molecule has 1 aromatic rings. The van der Waals surface area contributed by atoms with Crippen molar-refractivity contribution in [1.29, 1.82) is 0 Å². The van der Waals surface area contributed by atoms with Crippen molar-refractivity contribution >= 4 is 5.91 Å². The fraction of sp³-hybridized carbons (Fsp3) is 0.562. The zero-order valence-corrected chi connectivity index (χ0v) is 12.6. The monoisotopic (exact) mass is 328 g/mol. The fourth-order valence-corrected chi connectivity index (χ4v) is 3.15. The molecule has 0 aliphatic carbocycles. The molecular weight excluding hydrogens is 309 g/mol. The molecule has 126 valence electrons. The van der Waals surface area contributed by atoms with Crippen LogP contribution in [0.25, 0.3) is 0 Å². The van der Waals surface area contributed by atoms with Crippen LogP contribution in [-0.2, 0) is 10.9 Å².